The highest BCUT2D eigenvalue weighted by atomic mass is 79.9. The number of hydrogen-bond donors (Lipinski definition) is 0. The zero-order chi connectivity index (χ0) is 9.68. The van der Waals surface area contributed by atoms with E-state index >= 15 is 0 Å². The van der Waals surface area contributed by atoms with Gasteiger partial charge in [-0.15, -0.1) is 11.8 Å². The molecule has 0 bridgehead atoms. The number of alkyl halides is 2. The van der Waals surface area contributed by atoms with E-state index in [4.69, 9.17) is 0 Å². The third-order valence-electron chi connectivity index (χ3n) is 1.40. The molecule has 0 heterocycles. The van der Waals surface area contributed by atoms with Crippen LogP contribution in [0.4, 0.5) is 8.78 Å². The van der Waals surface area contributed by atoms with Crippen LogP contribution in [0.3, 0.4) is 0 Å². The van der Waals surface area contributed by atoms with Gasteiger partial charge in [-0.25, -0.2) is 8.78 Å². The third kappa shape index (κ3) is 4.62. The molecule has 0 aliphatic carbocycles. The predicted octanol–water partition coefficient (Wildman–Crippen LogP) is 4.20. The van der Waals surface area contributed by atoms with E-state index in [2.05, 4.69) is 15.9 Å². The Bertz CT molecular complexity index is 266. The highest BCUT2D eigenvalue weighted by Crippen LogP contribution is 2.23. The van der Waals surface area contributed by atoms with Crippen molar-refractivity contribution >= 4 is 27.7 Å². The van der Waals surface area contributed by atoms with Crippen molar-refractivity contribution in [2.24, 2.45) is 0 Å². The van der Waals surface area contributed by atoms with Gasteiger partial charge in [0.1, 0.15) is 0 Å². The van der Waals surface area contributed by atoms with Crippen molar-refractivity contribution in [3.05, 3.63) is 28.7 Å². The molecule has 0 saturated heterocycles. The van der Waals surface area contributed by atoms with Gasteiger partial charge in [0.15, 0.2) is 0 Å². The van der Waals surface area contributed by atoms with E-state index in [9.17, 15) is 8.78 Å². The molecule has 0 aliphatic heterocycles. The molecule has 0 amide bonds. The van der Waals surface area contributed by atoms with Gasteiger partial charge >= 0.3 is 0 Å². The lowest BCUT2D eigenvalue weighted by Gasteiger charge is -2.01. The zero-order valence-corrected chi connectivity index (χ0v) is 9.25. The van der Waals surface area contributed by atoms with Crippen molar-refractivity contribution in [3.63, 3.8) is 0 Å². The number of hydrogen-bond acceptors (Lipinski definition) is 1. The Hall–Kier alpha value is -0.0900. The number of rotatable bonds is 4. The molecule has 1 aromatic carbocycles. The van der Waals surface area contributed by atoms with Crippen molar-refractivity contribution in [2.45, 2.75) is 17.7 Å². The van der Waals surface area contributed by atoms with Crippen LogP contribution in [0.15, 0.2) is 33.6 Å². The molecule has 0 N–H and O–H groups in total. The second-order valence-corrected chi connectivity index (χ2v) is 4.57. The molecule has 13 heavy (non-hydrogen) atoms. The van der Waals surface area contributed by atoms with Crippen LogP contribution in [-0.4, -0.2) is 12.2 Å². The molecule has 1 aromatic rings. The minimum atomic E-state index is -2.19. The standard InChI is InChI=1S/C9H9BrF2S/c10-7-2-1-3-8(6-7)13-5-4-9(11)12/h1-3,6,9H,4-5H2. The predicted molar refractivity (Wildman–Crippen MR) is 55.5 cm³/mol. The van der Waals surface area contributed by atoms with E-state index in [0.717, 1.165) is 9.37 Å². The average molecular weight is 267 g/mol. The lowest BCUT2D eigenvalue weighted by atomic mass is 10.4. The fourth-order valence-corrected chi connectivity index (χ4v) is 2.29. The number of thioether (sulfide) groups is 1. The molecular formula is C9H9BrF2S. The first-order chi connectivity index (χ1) is 6.18. The monoisotopic (exact) mass is 266 g/mol. The van der Waals surface area contributed by atoms with E-state index in [1.165, 1.54) is 11.8 Å². The molecule has 4 heteroatoms. The number of benzene rings is 1. The summed E-state index contributed by atoms with van der Waals surface area (Å²) in [6.07, 6.45) is -2.24. The summed E-state index contributed by atoms with van der Waals surface area (Å²) >= 11 is 4.77. The van der Waals surface area contributed by atoms with Crippen molar-refractivity contribution in [1.82, 2.24) is 0 Å². The Morgan fingerprint density at radius 2 is 2.15 bits per heavy atom. The van der Waals surface area contributed by atoms with Gasteiger partial charge in [-0.2, -0.15) is 0 Å². The van der Waals surface area contributed by atoms with Crippen LogP contribution in [0.2, 0.25) is 0 Å². The van der Waals surface area contributed by atoms with Gasteiger partial charge in [0, 0.05) is 21.5 Å². The Balaban J connectivity index is 2.37. The smallest absolute Gasteiger partial charge is 0.211 e. The molecule has 0 fully saturated rings. The molecule has 0 atom stereocenters. The van der Waals surface area contributed by atoms with Crippen LogP contribution in [0.25, 0.3) is 0 Å². The largest absolute Gasteiger partial charge is 0.239 e. The summed E-state index contributed by atoms with van der Waals surface area (Å²) in [5.74, 6) is 0.466. The summed E-state index contributed by atoms with van der Waals surface area (Å²) in [6, 6.07) is 7.66. The molecule has 0 aliphatic rings. The molecular weight excluding hydrogens is 258 g/mol. The summed E-state index contributed by atoms with van der Waals surface area (Å²) in [5, 5.41) is 0. The summed E-state index contributed by atoms with van der Waals surface area (Å²) < 4.78 is 24.6. The maximum Gasteiger partial charge on any atom is 0.239 e. The van der Waals surface area contributed by atoms with E-state index < -0.39 is 6.43 Å². The summed E-state index contributed by atoms with van der Waals surface area (Å²) in [5.41, 5.74) is 0. The van der Waals surface area contributed by atoms with Gasteiger partial charge in [0.2, 0.25) is 6.43 Å². The Morgan fingerprint density at radius 3 is 2.77 bits per heavy atom. The van der Waals surface area contributed by atoms with Crippen LogP contribution in [-0.2, 0) is 0 Å². The van der Waals surface area contributed by atoms with Crippen molar-refractivity contribution < 1.29 is 8.78 Å². The Kier molecular flexibility index (Phi) is 4.73. The van der Waals surface area contributed by atoms with E-state index in [1.807, 2.05) is 24.3 Å². The van der Waals surface area contributed by atoms with E-state index in [-0.39, 0.29) is 6.42 Å². The van der Waals surface area contributed by atoms with Gasteiger partial charge < -0.3 is 0 Å². The van der Waals surface area contributed by atoms with Gasteiger partial charge in [0.25, 0.3) is 0 Å². The fourth-order valence-electron chi connectivity index (χ4n) is 0.823. The van der Waals surface area contributed by atoms with Crippen molar-refractivity contribution in [1.29, 1.82) is 0 Å². The van der Waals surface area contributed by atoms with Gasteiger partial charge in [-0.05, 0) is 18.2 Å². The van der Waals surface area contributed by atoms with Crippen molar-refractivity contribution in [2.75, 3.05) is 5.75 Å². The van der Waals surface area contributed by atoms with Crippen LogP contribution < -0.4 is 0 Å². The molecule has 1 rings (SSSR count). The topological polar surface area (TPSA) is 0 Å². The van der Waals surface area contributed by atoms with Crippen LogP contribution in [0, 0.1) is 0 Å². The number of halogens is 3. The van der Waals surface area contributed by atoms with Gasteiger partial charge in [-0.1, -0.05) is 22.0 Å². The molecule has 0 spiro atoms. The maximum absolute atomic E-state index is 11.8. The van der Waals surface area contributed by atoms with Gasteiger partial charge in [0.05, 0.1) is 0 Å². The second kappa shape index (κ2) is 5.60. The Morgan fingerprint density at radius 1 is 1.38 bits per heavy atom. The fraction of sp³-hybridized carbons (Fsp3) is 0.333. The molecule has 0 nitrogen and oxygen atoms in total. The highest BCUT2D eigenvalue weighted by molar-refractivity contribution is 9.10. The lowest BCUT2D eigenvalue weighted by Crippen LogP contribution is -1.91. The average Bonchev–Trinajstić information content (AvgIpc) is 2.03. The summed E-state index contributed by atoms with van der Waals surface area (Å²) in [4.78, 5) is 1.02. The maximum atomic E-state index is 11.8. The zero-order valence-electron chi connectivity index (χ0n) is 6.84. The normalized spacial score (nSPS) is 10.8. The lowest BCUT2D eigenvalue weighted by molar-refractivity contribution is 0.145. The molecule has 0 radical (unpaired) electrons. The van der Waals surface area contributed by atoms with Gasteiger partial charge in [-0.3, -0.25) is 0 Å². The van der Waals surface area contributed by atoms with Crippen molar-refractivity contribution in [3.8, 4) is 0 Å². The highest BCUT2D eigenvalue weighted by Gasteiger charge is 2.02. The third-order valence-corrected chi connectivity index (χ3v) is 2.92. The summed E-state index contributed by atoms with van der Waals surface area (Å²) in [7, 11) is 0. The SMILES string of the molecule is FC(F)CCSc1cccc(Br)c1. The van der Waals surface area contributed by atoms with Crippen LogP contribution in [0.5, 0.6) is 0 Å². The molecule has 0 saturated carbocycles. The molecule has 0 aromatic heterocycles. The Labute approximate surface area is 88.8 Å². The van der Waals surface area contributed by atoms with Crippen LogP contribution in [0.1, 0.15) is 6.42 Å². The molecule has 0 unspecified atom stereocenters. The first-order valence-corrected chi connectivity index (χ1v) is 5.63. The van der Waals surface area contributed by atoms with E-state index in [1.54, 1.807) is 0 Å². The quantitative estimate of drug-likeness (QED) is 0.737. The summed E-state index contributed by atoms with van der Waals surface area (Å²) in [6.45, 7) is 0. The minimum Gasteiger partial charge on any atom is -0.211 e. The van der Waals surface area contributed by atoms with E-state index in [0.29, 0.717) is 5.75 Å². The first-order valence-electron chi connectivity index (χ1n) is 3.85. The first kappa shape index (κ1) is 11.0. The minimum absolute atomic E-state index is 0.0445. The second-order valence-electron chi connectivity index (χ2n) is 2.49. The van der Waals surface area contributed by atoms with Crippen LogP contribution >= 0.6 is 27.7 Å². The molecule has 72 valence electrons.